The third-order valence-corrected chi connectivity index (χ3v) is 6.27. The Morgan fingerprint density at radius 2 is 1.60 bits per heavy atom. The normalized spacial score (nSPS) is 18.2. The highest BCUT2D eigenvalue weighted by Crippen LogP contribution is 2.28. The van der Waals surface area contributed by atoms with Gasteiger partial charge in [0.1, 0.15) is 5.75 Å². The Morgan fingerprint density at radius 3 is 2.33 bits per heavy atom. The molecule has 0 atom stereocenters. The van der Waals surface area contributed by atoms with Crippen molar-refractivity contribution in [1.29, 1.82) is 0 Å². The molecule has 1 amide bonds. The molecule has 2 aliphatic rings. The predicted octanol–water partition coefficient (Wildman–Crippen LogP) is 4.03. The van der Waals surface area contributed by atoms with Crippen LogP contribution in [0, 0.1) is 0 Å². The molecule has 0 aromatic heterocycles. The molecule has 4 rings (SSSR count). The Hall–Kier alpha value is -2.53. The van der Waals surface area contributed by atoms with Crippen LogP contribution in [0.15, 0.2) is 48.5 Å². The van der Waals surface area contributed by atoms with E-state index in [2.05, 4.69) is 34.1 Å². The Morgan fingerprint density at radius 1 is 0.867 bits per heavy atom. The molecule has 0 radical (unpaired) electrons. The molecule has 2 aliphatic heterocycles. The number of ether oxygens (including phenoxy) is 1. The fraction of sp³-hybridized carbons (Fsp3) is 0.480. The summed E-state index contributed by atoms with van der Waals surface area (Å²) >= 11 is 0. The molecule has 2 heterocycles. The molecule has 0 aliphatic carbocycles. The van der Waals surface area contributed by atoms with Crippen molar-refractivity contribution < 1.29 is 9.53 Å². The highest BCUT2D eigenvalue weighted by molar-refractivity contribution is 5.94. The number of nitrogens with zero attached hydrogens (tertiary/aromatic N) is 3. The number of benzene rings is 2. The van der Waals surface area contributed by atoms with Crippen LogP contribution in [0.4, 0.5) is 5.69 Å². The van der Waals surface area contributed by atoms with Gasteiger partial charge in [-0.2, -0.15) is 0 Å². The standard InChI is InChI=1S/C25H33N3O2/c1-30-24-12-5-4-11-23(24)27-17-15-26(16-18-27)20-21-9-8-10-22(19-21)25(29)28-13-6-2-3-7-14-28/h4-5,8-12,19H,2-3,6-7,13-18,20H2,1H3. The molecule has 0 unspecified atom stereocenters. The number of hydrogen-bond acceptors (Lipinski definition) is 4. The van der Waals surface area contributed by atoms with Crippen LogP contribution in [0.3, 0.4) is 0 Å². The molecule has 5 heteroatoms. The number of anilines is 1. The van der Waals surface area contributed by atoms with Crippen LogP contribution in [-0.4, -0.2) is 62.1 Å². The van der Waals surface area contributed by atoms with Crippen molar-refractivity contribution in [3.63, 3.8) is 0 Å². The maximum absolute atomic E-state index is 13.0. The van der Waals surface area contributed by atoms with Gasteiger partial charge in [0.2, 0.25) is 0 Å². The van der Waals surface area contributed by atoms with Crippen molar-refractivity contribution in [3.05, 3.63) is 59.7 Å². The van der Waals surface area contributed by atoms with Gasteiger partial charge in [0.25, 0.3) is 5.91 Å². The molecule has 2 fully saturated rings. The minimum absolute atomic E-state index is 0.194. The van der Waals surface area contributed by atoms with Gasteiger partial charge in [0.15, 0.2) is 0 Å². The largest absolute Gasteiger partial charge is 0.495 e. The average Bonchev–Trinajstić information content (AvgIpc) is 3.09. The van der Waals surface area contributed by atoms with Gasteiger partial charge in [-0.05, 0) is 42.7 Å². The second-order valence-corrected chi connectivity index (χ2v) is 8.34. The van der Waals surface area contributed by atoms with Gasteiger partial charge in [-0.15, -0.1) is 0 Å². The maximum atomic E-state index is 13.0. The number of carbonyl (C=O) groups excluding carboxylic acids is 1. The third-order valence-electron chi connectivity index (χ3n) is 6.27. The predicted molar refractivity (Wildman–Crippen MR) is 121 cm³/mol. The molecule has 160 valence electrons. The first-order valence-corrected chi connectivity index (χ1v) is 11.2. The molecule has 5 nitrogen and oxygen atoms in total. The lowest BCUT2D eigenvalue weighted by atomic mass is 10.1. The fourth-order valence-corrected chi connectivity index (χ4v) is 4.56. The Balaban J connectivity index is 1.35. The van der Waals surface area contributed by atoms with Crippen molar-refractivity contribution in [1.82, 2.24) is 9.80 Å². The van der Waals surface area contributed by atoms with E-state index in [1.54, 1.807) is 7.11 Å². The van der Waals surface area contributed by atoms with Crippen molar-refractivity contribution in [2.24, 2.45) is 0 Å². The van der Waals surface area contributed by atoms with E-state index >= 15 is 0 Å². The lowest BCUT2D eigenvalue weighted by Crippen LogP contribution is -2.46. The maximum Gasteiger partial charge on any atom is 0.253 e. The third kappa shape index (κ3) is 4.96. The fourth-order valence-electron chi connectivity index (χ4n) is 4.56. The Labute approximate surface area is 180 Å². The zero-order valence-corrected chi connectivity index (χ0v) is 18.1. The smallest absolute Gasteiger partial charge is 0.253 e. The monoisotopic (exact) mass is 407 g/mol. The molecule has 2 aromatic carbocycles. The molecule has 0 spiro atoms. The van der Waals surface area contributed by atoms with Crippen LogP contribution < -0.4 is 9.64 Å². The summed E-state index contributed by atoms with van der Waals surface area (Å²) in [4.78, 5) is 19.9. The van der Waals surface area contributed by atoms with Gasteiger partial charge >= 0.3 is 0 Å². The van der Waals surface area contributed by atoms with Gasteiger partial charge in [-0.3, -0.25) is 9.69 Å². The first-order valence-electron chi connectivity index (χ1n) is 11.2. The molecule has 2 aromatic rings. The highest BCUT2D eigenvalue weighted by atomic mass is 16.5. The summed E-state index contributed by atoms with van der Waals surface area (Å²) < 4.78 is 5.52. The summed E-state index contributed by atoms with van der Waals surface area (Å²) in [5.41, 5.74) is 3.23. The van der Waals surface area contributed by atoms with E-state index in [0.29, 0.717) is 0 Å². The lowest BCUT2D eigenvalue weighted by molar-refractivity contribution is 0.0761. The van der Waals surface area contributed by atoms with Gasteiger partial charge in [0, 0.05) is 51.4 Å². The Bertz CT molecular complexity index is 838. The van der Waals surface area contributed by atoms with Crippen molar-refractivity contribution >= 4 is 11.6 Å². The van der Waals surface area contributed by atoms with Crippen molar-refractivity contribution in [2.75, 3.05) is 51.3 Å². The van der Waals surface area contributed by atoms with Gasteiger partial charge < -0.3 is 14.5 Å². The second-order valence-electron chi connectivity index (χ2n) is 8.34. The number of methoxy groups -OCH3 is 1. The quantitative estimate of drug-likeness (QED) is 0.750. The van der Waals surface area contributed by atoms with Gasteiger partial charge in [0.05, 0.1) is 12.8 Å². The van der Waals surface area contributed by atoms with Crippen LogP contribution >= 0.6 is 0 Å². The molecule has 0 N–H and O–H groups in total. The van der Waals surface area contributed by atoms with E-state index < -0.39 is 0 Å². The molecular formula is C25H33N3O2. The number of para-hydroxylation sites is 2. The van der Waals surface area contributed by atoms with E-state index in [0.717, 1.165) is 70.0 Å². The summed E-state index contributed by atoms with van der Waals surface area (Å²) in [5.74, 6) is 1.13. The summed E-state index contributed by atoms with van der Waals surface area (Å²) in [5, 5.41) is 0. The first kappa shape index (κ1) is 20.7. The van der Waals surface area contributed by atoms with Crippen LogP contribution in [0.2, 0.25) is 0 Å². The van der Waals surface area contributed by atoms with E-state index in [4.69, 9.17) is 4.74 Å². The average molecular weight is 408 g/mol. The number of amides is 1. The second kappa shape index (κ2) is 9.98. The molecule has 30 heavy (non-hydrogen) atoms. The summed E-state index contributed by atoms with van der Waals surface area (Å²) in [6.07, 6.45) is 4.74. The lowest BCUT2D eigenvalue weighted by Gasteiger charge is -2.36. The molecule has 0 saturated carbocycles. The SMILES string of the molecule is COc1ccccc1N1CCN(Cc2cccc(C(=O)N3CCCCCC3)c2)CC1. The molecular weight excluding hydrogens is 374 g/mol. The summed E-state index contributed by atoms with van der Waals surface area (Å²) in [7, 11) is 1.73. The zero-order chi connectivity index (χ0) is 20.8. The number of carbonyl (C=O) groups is 1. The van der Waals surface area contributed by atoms with Crippen LogP contribution in [0.25, 0.3) is 0 Å². The van der Waals surface area contributed by atoms with Gasteiger partial charge in [-0.25, -0.2) is 0 Å². The summed E-state index contributed by atoms with van der Waals surface area (Å²) in [6, 6.07) is 16.5. The van der Waals surface area contributed by atoms with Crippen LogP contribution in [0.1, 0.15) is 41.6 Å². The van der Waals surface area contributed by atoms with Crippen molar-refractivity contribution in [3.8, 4) is 5.75 Å². The highest BCUT2D eigenvalue weighted by Gasteiger charge is 2.21. The zero-order valence-electron chi connectivity index (χ0n) is 18.1. The number of likely N-dealkylation sites (tertiary alicyclic amines) is 1. The minimum Gasteiger partial charge on any atom is -0.495 e. The first-order chi connectivity index (χ1) is 14.7. The van der Waals surface area contributed by atoms with Crippen molar-refractivity contribution in [2.45, 2.75) is 32.2 Å². The van der Waals surface area contributed by atoms with E-state index in [-0.39, 0.29) is 5.91 Å². The number of hydrogen-bond donors (Lipinski definition) is 0. The summed E-state index contributed by atoms with van der Waals surface area (Å²) in [6.45, 7) is 6.65. The molecule has 2 saturated heterocycles. The van der Waals surface area contributed by atoms with Crippen LogP contribution in [-0.2, 0) is 6.54 Å². The topological polar surface area (TPSA) is 36.0 Å². The van der Waals surface area contributed by atoms with E-state index in [1.807, 2.05) is 29.2 Å². The Kier molecular flexibility index (Phi) is 6.90. The van der Waals surface area contributed by atoms with E-state index in [9.17, 15) is 4.79 Å². The van der Waals surface area contributed by atoms with Gasteiger partial charge in [-0.1, -0.05) is 37.1 Å². The molecule has 0 bridgehead atoms. The van der Waals surface area contributed by atoms with Crippen LogP contribution in [0.5, 0.6) is 5.75 Å². The minimum atomic E-state index is 0.194. The number of piperazine rings is 1. The van der Waals surface area contributed by atoms with E-state index in [1.165, 1.54) is 24.1 Å². The number of rotatable bonds is 5.